The molecule has 4 amide bonds. The molecule has 17 heteroatoms. The highest BCUT2D eigenvalue weighted by atomic mass is 19.2. The molecule has 2 aliphatic heterocycles. The van der Waals surface area contributed by atoms with Gasteiger partial charge in [0.1, 0.15) is 42.6 Å². The Labute approximate surface area is 360 Å². The molecule has 6 aromatic rings. The number of carbonyl (C=O) groups excluding carboxylic acids is 4. The first-order valence-electron chi connectivity index (χ1n) is 19.3. The SMILES string of the molecule is CNC(=O)CN1C(=O)OC(c2ccc(F)cc2)(c2ccc(F)cc2)[C@@H]1c1ccccc1F.NC(=O)CN1C(=O)OC(c2ccc(F)c(F)c2)(c2ccc(F)c(F)c2)[C@@H]1c1ccccc1. The number of ether oxygens (including phenoxy) is 2. The van der Waals surface area contributed by atoms with E-state index in [0.717, 1.165) is 34.1 Å². The number of nitrogens with two attached hydrogens (primary N) is 1. The number of cyclic esters (lactones) is 2. The Balaban J connectivity index is 0.000000191. The smallest absolute Gasteiger partial charge is 0.412 e. The van der Waals surface area contributed by atoms with E-state index in [4.69, 9.17) is 15.2 Å². The number of carbonyl (C=O) groups is 4. The molecule has 0 spiro atoms. The van der Waals surface area contributed by atoms with E-state index in [1.165, 1.54) is 85.9 Å². The van der Waals surface area contributed by atoms with Crippen LogP contribution in [0.2, 0.25) is 0 Å². The number of hydrogen-bond donors (Lipinski definition) is 2. The highest BCUT2D eigenvalue weighted by Gasteiger charge is 2.59. The first-order valence-corrected chi connectivity index (χ1v) is 19.3. The second-order valence-electron chi connectivity index (χ2n) is 14.6. The van der Waals surface area contributed by atoms with Crippen LogP contribution in [-0.2, 0) is 30.3 Å². The number of rotatable bonds is 10. The van der Waals surface area contributed by atoms with Crippen LogP contribution in [0.4, 0.5) is 40.3 Å². The van der Waals surface area contributed by atoms with Crippen LogP contribution in [0.3, 0.4) is 0 Å². The van der Waals surface area contributed by atoms with E-state index < -0.39 is 101 Å². The fourth-order valence-electron chi connectivity index (χ4n) is 8.05. The first-order chi connectivity index (χ1) is 30.6. The summed E-state index contributed by atoms with van der Waals surface area (Å²) in [6.07, 6.45) is -1.86. The number of amides is 4. The van der Waals surface area contributed by atoms with E-state index in [1.54, 1.807) is 36.4 Å². The molecular formula is C47H35F7N4O6. The molecular weight excluding hydrogens is 850 g/mol. The van der Waals surface area contributed by atoms with Crippen molar-refractivity contribution in [1.82, 2.24) is 15.1 Å². The van der Waals surface area contributed by atoms with Crippen molar-refractivity contribution in [1.29, 1.82) is 0 Å². The predicted octanol–water partition coefficient (Wildman–Crippen LogP) is 8.45. The molecule has 64 heavy (non-hydrogen) atoms. The summed E-state index contributed by atoms with van der Waals surface area (Å²) in [4.78, 5) is 52.0. The van der Waals surface area contributed by atoms with Crippen molar-refractivity contribution in [2.45, 2.75) is 23.3 Å². The summed E-state index contributed by atoms with van der Waals surface area (Å²) in [5.74, 6) is -7.76. The predicted molar refractivity (Wildman–Crippen MR) is 215 cm³/mol. The van der Waals surface area contributed by atoms with Gasteiger partial charge in [-0.05, 0) is 60.2 Å². The molecule has 8 rings (SSSR count). The van der Waals surface area contributed by atoms with E-state index >= 15 is 4.39 Å². The minimum Gasteiger partial charge on any atom is -0.430 e. The van der Waals surface area contributed by atoms with Gasteiger partial charge < -0.3 is 20.5 Å². The van der Waals surface area contributed by atoms with Crippen LogP contribution in [0, 0.1) is 40.7 Å². The number of nitrogens with zero attached hydrogens (tertiary/aromatic N) is 2. The first kappa shape index (κ1) is 44.4. The lowest BCUT2D eigenvalue weighted by atomic mass is 9.77. The second-order valence-corrected chi connectivity index (χ2v) is 14.6. The zero-order valence-corrected chi connectivity index (χ0v) is 33.4. The van der Waals surface area contributed by atoms with Crippen molar-refractivity contribution >= 4 is 24.0 Å². The number of benzene rings is 6. The third-order valence-corrected chi connectivity index (χ3v) is 10.8. The monoisotopic (exact) mass is 884 g/mol. The van der Waals surface area contributed by atoms with Gasteiger partial charge in [0.15, 0.2) is 34.5 Å². The minimum absolute atomic E-state index is 0.0448. The molecule has 0 unspecified atom stereocenters. The van der Waals surface area contributed by atoms with Crippen molar-refractivity contribution in [3.63, 3.8) is 0 Å². The molecule has 2 heterocycles. The topological polar surface area (TPSA) is 131 Å². The van der Waals surface area contributed by atoms with E-state index in [0.29, 0.717) is 16.7 Å². The van der Waals surface area contributed by atoms with Gasteiger partial charge >= 0.3 is 12.2 Å². The van der Waals surface area contributed by atoms with Crippen LogP contribution in [0.5, 0.6) is 0 Å². The van der Waals surface area contributed by atoms with Crippen LogP contribution in [-0.4, -0.2) is 53.9 Å². The largest absolute Gasteiger partial charge is 0.430 e. The van der Waals surface area contributed by atoms with Crippen LogP contribution in [0.25, 0.3) is 0 Å². The Kier molecular flexibility index (Phi) is 12.5. The second kappa shape index (κ2) is 18.0. The van der Waals surface area contributed by atoms with E-state index in [9.17, 15) is 45.5 Å². The van der Waals surface area contributed by atoms with Crippen molar-refractivity contribution in [2.24, 2.45) is 5.73 Å². The third-order valence-electron chi connectivity index (χ3n) is 10.8. The lowest BCUT2D eigenvalue weighted by molar-refractivity contribution is -0.121. The number of hydrogen-bond acceptors (Lipinski definition) is 6. The van der Waals surface area contributed by atoms with Gasteiger partial charge in [-0.15, -0.1) is 0 Å². The standard InChI is InChI=1S/C24H19F3N2O3.C23H16F4N2O3/c1-28-21(30)14-29-22(19-4-2-3-5-20(19)27)24(32-23(29)31,15-6-10-17(25)11-7-15)16-8-12-18(26)13-9-16;24-16-8-6-14(10-18(16)26)23(15-7-9-17(25)19(27)11-15)21(13-4-2-1-3-5-13)29(12-20(28)30)22(31)32-23/h2-13,22H,14H2,1H3,(H,28,30);1-11,21H,12H2,(H2,28,30)/t22-;21-/m00/s1. The maximum Gasteiger partial charge on any atom is 0.412 e. The van der Waals surface area contributed by atoms with Gasteiger partial charge in [-0.3, -0.25) is 19.4 Å². The van der Waals surface area contributed by atoms with Crippen LogP contribution < -0.4 is 11.1 Å². The Morgan fingerprint density at radius 1 is 0.547 bits per heavy atom. The van der Waals surface area contributed by atoms with Gasteiger partial charge in [0, 0.05) is 34.9 Å². The molecule has 0 aromatic heterocycles. The summed E-state index contributed by atoms with van der Waals surface area (Å²) in [7, 11) is 1.41. The molecule has 328 valence electrons. The number of halogens is 7. The molecule has 2 atom stereocenters. The van der Waals surface area contributed by atoms with E-state index in [1.807, 2.05) is 0 Å². The Morgan fingerprint density at radius 3 is 1.44 bits per heavy atom. The Morgan fingerprint density at radius 2 is 0.984 bits per heavy atom. The van der Waals surface area contributed by atoms with Crippen LogP contribution in [0.1, 0.15) is 45.5 Å². The maximum atomic E-state index is 15.1. The lowest BCUT2D eigenvalue weighted by Gasteiger charge is -2.36. The van der Waals surface area contributed by atoms with Gasteiger partial charge in [-0.1, -0.05) is 84.9 Å². The van der Waals surface area contributed by atoms with Gasteiger partial charge in [0.05, 0.1) is 0 Å². The fourth-order valence-corrected chi connectivity index (χ4v) is 8.05. The van der Waals surface area contributed by atoms with Crippen molar-refractivity contribution in [3.8, 4) is 0 Å². The van der Waals surface area contributed by atoms with Gasteiger partial charge in [-0.25, -0.2) is 40.3 Å². The molecule has 0 bridgehead atoms. The molecule has 2 fully saturated rings. The highest BCUT2D eigenvalue weighted by Crippen LogP contribution is 2.54. The lowest BCUT2D eigenvalue weighted by Crippen LogP contribution is -2.42. The fraction of sp³-hybridized carbons (Fsp3) is 0.149. The van der Waals surface area contributed by atoms with Crippen LogP contribution in [0.15, 0.2) is 140 Å². The Hall–Kier alpha value is -7.69. The van der Waals surface area contributed by atoms with Crippen LogP contribution >= 0.6 is 0 Å². The molecule has 6 aromatic carbocycles. The quantitative estimate of drug-likeness (QED) is 0.133. The molecule has 10 nitrogen and oxygen atoms in total. The number of likely N-dealkylation sites (N-methyl/N-ethyl adjacent to an activating group) is 1. The zero-order chi connectivity index (χ0) is 45.9. The summed E-state index contributed by atoms with van der Waals surface area (Å²) in [6.45, 7) is -0.966. The number of nitrogens with one attached hydrogen (secondary N) is 1. The van der Waals surface area contributed by atoms with E-state index in [-0.39, 0.29) is 16.7 Å². The summed E-state index contributed by atoms with van der Waals surface area (Å²) in [5.41, 5.74) is 2.82. The maximum absolute atomic E-state index is 15.1. The van der Waals surface area contributed by atoms with Gasteiger partial charge in [-0.2, -0.15) is 0 Å². The normalized spacial score (nSPS) is 17.2. The molecule has 2 aliphatic rings. The molecule has 3 N–H and O–H groups in total. The van der Waals surface area contributed by atoms with E-state index in [2.05, 4.69) is 5.32 Å². The summed E-state index contributed by atoms with van der Waals surface area (Å²) < 4.78 is 110. The average Bonchev–Trinajstić information content (AvgIpc) is 3.73. The highest BCUT2D eigenvalue weighted by molar-refractivity contribution is 5.84. The summed E-state index contributed by atoms with van der Waals surface area (Å²) in [5, 5.41) is 2.44. The third kappa shape index (κ3) is 8.19. The minimum atomic E-state index is -1.95. The van der Waals surface area contributed by atoms with Gasteiger partial charge in [0.2, 0.25) is 11.8 Å². The molecule has 0 saturated carbocycles. The van der Waals surface area contributed by atoms with Crippen molar-refractivity contribution in [2.75, 3.05) is 20.1 Å². The molecule has 0 radical (unpaired) electrons. The summed E-state index contributed by atoms with van der Waals surface area (Å²) in [6, 6.07) is 27.9. The zero-order valence-electron chi connectivity index (χ0n) is 33.4. The average molecular weight is 885 g/mol. The summed E-state index contributed by atoms with van der Waals surface area (Å²) >= 11 is 0. The van der Waals surface area contributed by atoms with Crippen molar-refractivity contribution in [3.05, 3.63) is 214 Å². The van der Waals surface area contributed by atoms with Gasteiger partial charge in [0.25, 0.3) is 0 Å². The molecule has 2 saturated heterocycles. The molecule has 0 aliphatic carbocycles. The Bertz CT molecular complexity index is 2630. The van der Waals surface area contributed by atoms with Crippen molar-refractivity contribution < 1.29 is 59.4 Å². The number of primary amides is 1.